The number of likely N-dealkylation sites (tertiary alicyclic amines) is 1. The molecule has 0 aliphatic carbocycles. The normalized spacial score (nSPS) is 16.2. The summed E-state index contributed by atoms with van der Waals surface area (Å²) in [6.45, 7) is 11.8. The Bertz CT molecular complexity index is 666. The van der Waals surface area contributed by atoms with Crippen molar-refractivity contribution in [1.82, 2.24) is 24.9 Å². The molecular formula is C21H38N6O. The Labute approximate surface area is 170 Å². The van der Waals surface area contributed by atoms with E-state index in [1.807, 2.05) is 11.7 Å². The molecular weight excluding hydrogens is 352 g/mol. The molecule has 2 rings (SSSR count). The van der Waals surface area contributed by atoms with E-state index in [-0.39, 0.29) is 0 Å². The molecule has 1 atom stereocenters. The largest absolute Gasteiger partial charge is 0.357 e. The number of hydrogen-bond acceptors (Lipinski definition) is 3. The predicted octanol–water partition coefficient (Wildman–Crippen LogP) is 2.73. The number of nitrogens with one attached hydrogen (secondary N) is 1. The Morgan fingerprint density at radius 3 is 2.71 bits per heavy atom. The van der Waals surface area contributed by atoms with Gasteiger partial charge in [-0.1, -0.05) is 20.8 Å². The predicted molar refractivity (Wildman–Crippen MR) is 114 cm³/mol. The van der Waals surface area contributed by atoms with Crippen molar-refractivity contribution < 1.29 is 4.79 Å². The van der Waals surface area contributed by atoms with Crippen LogP contribution in [-0.4, -0.2) is 64.2 Å². The van der Waals surface area contributed by atoms with Crippen LogP contribution in [0.25, 0.3) is 0 Å². The third-order valence-corrected chi connectivity index (χ3v) is 5.33. The topological polar surface area (TPSA) is 65.8 Å². The minimum Gasteiger partial charge on any atom is -0.357 e. The summed E-state index contributed by atoms with van der Waals surface area (Å²) in [6, 6.07) is 0.304. The summed E-state index contributed by atoms with van der Waals surface area (Å²) in [5.74, 6) is 1.61. The van der Waals surface area contributed by atoms with Gasteiger partial charge in [0.25, 0.3) is 0 Å². The third-order valence-electron chi connectivity index (χ3n) is 5.33. The molecule has 1 aromatic heterocycles. The molecule has 7 nitrogen and oxygen atoms in total. The zero-order valence-electron chi connectivity index (χ0n) is 18.5. The van der Waals surface area contributed by atoms with Crippen molar-refractivity contribution >= 4 is 11.9 Å². The minimum atomic E-state index is 0.303. The van der Waals surface area contributed by atoms with Crippen LogP contribution in [0, 0.1) is 0 Å². The van der Waals surface area contributed by atoms with Crippen molar-refractivity contribution in [2.45, 2.75) is 71.9 Å². The van der Waals surface area contributed by atoms with Crippen LogP contribution >= 0.6 is 0 Å². The number of carbonyl (C=O) groups excluding carboxylic acids is 1. The van der Waals surface area contributed by atoms with Crippen molar-refractivity contribution in [2.75, 3.05) is 26.7 Å². The van der Waals surface area contributed by atoms with Crippen molar-refractivity contribution in [3.05, 3.63) is 17.5 Å². The zero-order valence-corrected chi connectivity index (χ0v) is 18.5. The summed E-state index contributed by atoms with van der Waals surface area (Å²) in [4.78, 5) is 21.1. The number of guanidine groups is 1. The van der Waals surface area contributed by atoms with Gasteiger partial charge in [0.1, 0.15) is 0 Å². The van der Waals surface area contributed by atoms with Crippen molar-refractivity contribution in [3.63, 3.8) is 0 Å². The summed E-state index contributed by atoms with van der Waals surface area (Å²) in [5.41, 5.74) is 2.38. The molecule has 1 N–H and O–H groups in total. The second-order valence-electron chi connectivity index (χ2n) is 8.00. The fourth-order valence-corrected chi connectivity index (χ4v) is 3.92. The number of nitrogens with zero attached hydrogens (tertiary/aromatic N) is 5. The first-order chi connectivity index (χ1) is 13.4. The van der Waals surface area contributed by atoms with E-state index in [0.29, 0.717) is 24.3 Å². The highest BCUT2D eigenvalue weighted by Crippen LogP contribution is 2.19. The molecule has 1 aliphatic rings. The molecule has 1 saturated heterocycles. The van der Waals surface area contributed by atoms with E-state index in [9.17, 15) is 4.79 Å². The zero-order chi connectivity index (χ0) is 20.7. The average Bonchev–Trinajstić information content (AvgIpc) is 3.23. The molecule has 0 spiro atoms. The van der Waals surface area contributed by atoms with E-state index in [1.165, 1.54) is 5.56 Å². The molecule has 0 saturated carbocycles. The number of hydrogen-bond donors (Lipinski definition) is 1. The van der Waals surface area contributed by atoms with Crippen LogP contribution in [0.3, 0.4) is 0 Å². The molecule has 2 heterocycles. The maximum Gasteiger partial charge on any atom is 0.222 e. The molecule has 158 valence electrons. The van der Waals surface area contributed by atoms with Gasteiger partial charge in [-0.05, 0) is 32.1 Å². The number of aryl methyl sites for hydroxylation is 1. The Hall–Kier alpha value is -2.05. The van der Waals surface area contributed by atoms with Crippen molar-refractivity contribution in [3.8, 4) is 0 Å². The Balaban J connectivity index is 2.01. The van der Waals surface area contributed by atoms with Gasteiger partial charge in [0, 0.05) is 64.5 Å². The average molecular weight is 391 g/mol. The first-order valence-electron chi connectivity index (χ1n) is 10.7. The summed E-state index contributed by atoms with van der Waals surface area (Å²) < 4.78 is 1.89. The number of rotatable bonds is 9. The number of carbonyl (C=O) groups is 1. The van der Waals surface area contributed by atoms with Crippen LogP contribution < -0.4 is 5.32 Å². The molecule has 0 radical (unpaired) electrons. The summed E-state index contributed by atoms with van der Waals surface area (Å²) in [6.07, 6.45) is 5.69. The molecule has 28 heavy (non-hydrogen) atoms. The molecule has 1 aromatic rings. The van der Waals surface area contributed by atoms with Crippen molar-refractivity contribution in [2.24, 2.45) is 12.0 Å². The lowest BCUT2D eigenvalue weighted by molar-refractivity contribution is -0.129. The quantitative estimate of drug-likeness (QED) is 0.520. The van der Waals surface area contributed by atoms with Gasteiger partial charge >= 0.3 is 0 Å². The first kappa shape index (κ1) is 22.2. The summed E-state index contributed by atoms with van der Waals surface area (Å²) >= 11 is 0. The van der Waals surface area contributed by atoms with E-state index >= 15 is 0 Å². The van der Waals surface area contributed by atoms with Gasteiger partial charge in [-0.25, -0.2) is 0 Å². The van der Waals surface area contributed by atoms with Crippen LogP contribution in [0.1, 0.15) is 70.6 Å². The SMILES string of the molecule is CCNC(=NCCC(CC)N1CCCC1=O)N(C)Cc1cn(C)nc1C(C)C. The molecule has 7 heteroatoms. The number of aliphatic imine (C=N–C) groups is 1. The van der Waals surface area contributed by atoms with E-state index < -0.39 is 0 Å². The Kier molecular flexibility index (Phi) is 8.33. The van der Waals surface area contributed by atoms with Crippen molar-refractivity contribution in [1.29, 1.82) is 0 Å². The highest BCUT2D eigenvalue weighted by Gasteiger charge is 2.26. The van der Waals surface area contributed by atoms with Gasteiger partial charge in [0.15, 0.2) is 5.96 Å². The lowest BCUT2D eigenvalue weighted by Crippen LogP contribution is -2.39. The first-order valence-corrected chi connectivity index (χ1v) is 10.7. The summed E-state index contributed by atoms with van der Waals surface area (Å²) in [7, 11) is 4.04. The molecule has 0 bridgehead atoms. The monoisotopic (exact) mass is 390 g/mol. The highest BCUT2D eigenvalue weighted by molar-refractivity contribution is 5.80. The van der Waals surface area contributed by atoms with Crippen LogP contribution in [0.15, 0.2) is 11.2 Å². The lowest BCUT2D eigenvalue weighted by Gasteiger charge is -2.27. The number of amides is 1. The second-order valence-corrected chi connectivity index (χ2v) is 8.00. The second kappa shape index (κ2) is 10.5. The molecule has 0 aromatic carbocycles. The van der Waals surface area contributed by atoms with E-state index in [4.69, 9.17) is 4.99 Å². The highest BCUT2D eigenvalue weighted by atomic mass is 16.2. The molecule has 1 aliphatic heterocycles. The van der Waals surface area contributed by atoms with Crippen LogP contribution in [0.2, 0.25) is 0 Å². The maximum absolute atomic E-state index is 12.0. The van der Waals surface area contributed by atoms with Crippen LogP contribution in [0.5, 0.6) is 0 Å². The standard InChI is InChI=1S/C21H38N6O/c1-7-18(27-13-9-10-19(27)28)11-12-23-21(22-8-2)25(5)14-17-15-26(6)24-20(17)16(3)4/h15-16,18H,7-14H2,1-6H3,(H,22,23). The Morgan fingerprint density at radius 1 is 1.39 bits per heavy atom. The maximum atomic E-state index is 12.0. The summed E-state index contributed by atoms with van der Waals surface area (Å²) in [5, 5.41) is 8.00. The van der Waals surface area contributed by atoms with Gasteiger partial charge in [-0.3, -0.25) is 14.5 Å². The van der Waals surface area contributed by atoms with Gasteiger partial charge in [-0.2, -0.15) is 5.10 Å². The fraction of sp³-hybridized carbons (Fsp3) is 0.762. The number of aromatic nitrogens is 2. The third kappa shape index (κ3) is 5.72. The smallest absolute Gasteiger partial charge is 0.222 e. The minimum absolute atomic E-state index is 0.303. The van der Waals surface area contributed by atoms with Crippen LogP contribution in [-0.2, 0) is 18.4 Å². The molecule has 1 fully saturated rings. The van der Waals surface area contributed by atoms with E-state index in [2.05, 4.69) is 61.2 Å². The van der Waals surface area contributed by atoms with E-state index in [1.54, 1.807) is 0 Å². The van der Waals surface area contributed by atoms with Gasteiger partial charge in [0.05, 0.1) is 5.69 Å². The van der Waals surface area contributed by atoms with Gasteiger partial charge < -0.3 is 15.1 Å². The van der Waals surface area contributed by atoms with Gasteiger partial charge in [0.2, 0.25) is 5.91 Å². The molecule has 1 unspecified atom stereocenters. The molecule has 1 amide bonds. The Morgan fingerprint density at radius 2 is 2.14 bits per heavy atom. The lowest BCUT2D eigenvalue weighted by atomic mass is 10.1. The van der Waals surface area contributed by atoms with Gasteiger partial charge in [-0.15, -0.1) is 0 Å². The van der Waals surface area contributed by atoms with Crippen LogP contribution in [0.4, 0.5) is 0 Å². The van der Waals surface area contributed by atoms with E-state index in [0.717, 1.165) is 57.1 Å². The fourth-order valence-electron chi connectivity index (χ4n) is 3.92.